The lowest BCUT2D eigenvalue weighted by molar-refractivity contribution is 0.563. The Morgan fingerprint density at radius 2 is 1.11 bits per heavy atom. The van der Waals surface area contributed by atoms with Crippen molar-refractivity contribution in [2.75, 3.05) is 6.26 Å². The summed E-state index contributed by atoms with van der Waals surface area (Å²) < 4.78 is 23.6. The topological polar surface area (TPSA) is 34.1 Å². The zero-order valence-electron chi connectivity index (χ0n) is 12.5. The first-order valence-electron chi connectivity index (χ1n) is 6.18. The van der Waals surface area contributed by atoms with Crippen molar-refractivity contribution in [3.05, 3.63) is 29.3 Å². The number of hydrogen-bond donors (Lipinski definition) is 0. The third kappa shape index (κ3) is 3.58. The van der Waals surface area contributed by atoms with Crippen LogP contribution in [0.2, 0.25) is 0 Å². The van der Waals surface area contributed by atoms with Crippen LogP contribution in [0.4, 0.5) is 0 Å². The largest absolute Gasteiger partial charge is 0.224 e. The van der Waals surface area contributed by atoms with Crippen LogP contribution in [0.3, 0.4) is 0 Å². The maximum atomic E-state index is 11.8. The van der Waals surface area contributed by atoms with Crippen LogP contribution >= 0.6 is 0 Å². The number of benzene rings is 1. The van der Waals surface area contributed by atoms with E-state index in [9.17, 15) is 8.42 Å². The molecule has 0 spiro atoms. The van der Waals surface area contributed by atoms with Crippen molar-refractivity contribution >= 4 is 9.84 Å². The zero-order chi connectivity index (χ0) is 14.4. The minimum absolute atomic E-state index is 0.0549. The molecule has 0 radical (unpaired) electrons. The lowest BCUT2D eigenvalue weighted by Gasteiger charge is -2.25. The van der Waals surface area contributed by atoms with Gasteiger partial charge >= 0.3 is 0 Å². The van der Waals surface area contributed by atoms with Crippen molar-refractivity contribution < 1.29 is 8.42 Å². The molecule has 3 heteroatoms. The van der Waals surface area contributed by atoms with Crippen LogP contribution in [-0.2, 0) is 20.7 Å². The summed E-state index contributed by atoms with van der Waals surface area (Å²) in [5, 5.41) is 0. The average Bonchev–Trinajstić information content (AvgIpc) is 2.13. The average molecular weight is 268 g/mol. The van der Waals surface area contributed by atoms with E-state index in [1.165, 1.54) is 6.26 Å². The normalized spacial score (nSPS) is 13.7. The molecule has 0 aromatic heterocycles. The van der Waals surface area contributed by atoms with E-state index in [-0.39, 0.29) is 10.8 Å². The highest BCUT2D eigenvalue weighted by Gasteiger charge is 2.22. The Bertz CT molecular complexity index is 509. The number of rotatable bonds is 1. The molecule has 0 aliphatic heterocycles. The Balaban J connectivity index is 3.60. The molecular weight excluding hydrogens is 244 g/mol. The van der Waals surface area contributed by atoms with Crippen LogP contribution in [0, 0.1) is 0 Å². The zero-order valence-corrected chi connectivity index (χ0v) is 13.3. The Kier molecular flexibility index (Phi) is 3.70. The van der Waals surface area contributed by atoms with Gasteiger partial charge in [-0.25, -0.2) is 8.42 Å². The van der Waals surface area contributed by atoms with Gasteiger partial charge in [-0.1, -0.05) is 47.6 Å². The van der Waals surface area contributed by atoms with E-state index in [2.05, 4.69) is 47.6 Å². The highest BCUT2D eigenvalue weighted by atomic mass is 32.2. The molecule has 2 nitrogen and oxygen atoms in total. The summed E-state index contributed by atoms with van der Waals surface area (Å²) in [5.74, 6) is 0. The fourth-order valence-electron chi connectivity index (χ4n) is 1.68. The van der Waals surface area contributed by atoms with E-state index >= 15 is 0 Å². The Labute approximate surface area is 111 Å². The van der Waals surface area contributed by atoms with Gasteiger partial charge in [0, 0.05) is 6.26 Å². The van der Waals surface area contributed by atoms with E-state index in [1.54, 1.807) is 12.1 Å². The predicted octanol–water partition coefficient (Wildman–Crippen LogP) is 3.69. The van der Waals surface area contributed by atoms with Gasteiger partial charge in [0.2, 0.25) is 0 Å². The van der Waals surface area contributed by atoms with E-state index in [1.807, 2.05) is 0 Å². The van der Waals surface area contributed by atoms with Gasteiger partial charge in [-0.15, -0.1) is 0 Å². The van der Waals surface area contributed by atoms with Crippen molar-refractivity contribution in [3.63, 3.8) is 0 Å². The summed E-state index contributed by atoms with van der Waals surface area (Å²) in [6.07, 6.45) is 1.27. The fourth-order valence-corrected chi connectivity index (χ4v) is 2.36. The summed E-state index contributed by atoms with van der Waals surface area (Å²) in [6.45, 7) is 12.6. The van der Waals surface area contributed by atoms with Crippen molar-refractivity contribution in [3.8, 4) is 0 Å². The quantitative estimate of drug-likeness (QED) is 0.778. The molecule has 1 aromatic carbocycles. The number of sulfone groups is 1. The fraction of sp³-hybridized carbons (Fsp3) is 0.600. The lowest BCUT2D eigenvalue weighted by atomic mass is 9.81. The van der Waals surface area contributed by atoms with Crippen LogP contribution in [0.5, 0.6) is 0 Å². The monoisotopic (exact) mass is 268 g/mol. The Morgan fingerprint density at radius 3 is 1.33 bits per heavy atom. The van der Waals surface area contributed by atoms with Crippen molar-refractivity contribution in [1.82, 2.24) is 0 Å². The van der Waals surface area contributed by atoms with Gasteiger partial charge in [0.15, 0.2) is 9.84 Å². The van der Waals surface area contributed by atoms with E-state index in [0.29, 0.717) is 4.90 Å². The van der Waals surface area contributed by atoms with Gasteiger partial charge < -0.3 is 0 Å². The maximum absolute atomic E-state index is 11.8. The molecule has 0 heterocycles. The molecule has 1 aromatic rings. The van der Waals surface area contributed by atoms with Crippen LogP contribution in [0.1, 0.15) is 52.7 Å². The first-order valence-corrected chi connectivity index (χ1v) is 8.07. The minimum atomic E-state index is -3.17. The minimum Gasteiger partial charge on any atom is -0.224 e. The first-order chi connectivity index (χ1) is 7.82. The third-order valence-electron chi connectivity index (χ3n) is 3.07. The molecule has 0 saturated heterocycles. The van der Waals surface area contributed by atoms with Gasteiger partial charge in [-0.3, -0.25) is 0 Å². The third-order valence-corrected chi connectivity index (χ3v) is 4.16. The first kappa shape index (κ1) is 15.2. The molecule has 102 valence electrons. The van der Waals surface area contributed by atoms with Gasteiger partial charge in [0.1, 0.15) is 0 Å². The lowest BCUT2D eigenvalue weighted by Crippen LogP contribution is -2.17. The molecular formula is C15H24O2S. The standard InChI is InChI=1S/C15H24O2S/c1-14(2,3)11-8-12(15(4,5)6)10-13(9-11)18(7,16)17/h8-10H,1-7H3. The second-order valence-electron chi connectivity index (χ2n) is 7.02. The second-order valence-corrected chi connectivity index (χ2v) is 9.03. The molecule has 0 aliphatic rings. The Hall–Kier alpha value is -0.830. The van der Waals surface area contributed by atoms with E-state index in [0.717, 1.165) is 11.1 Å². The maximum Gasteiger partial charge on any atom is 0.175 e. The molecule has 0 bridgehead atoms. The molecule has 0 N–H and O–H groups in total. The van der Waals surface area contributed by atoms with Crippen molar-refractivity contribution in [2.24, 2.45) is 0 Å². The molecule has 0 saturated carbocycles. The molecule has 18 heavy (non-hydrogen) atoms. The highest BCUT2D eigenvalue weighted by molar-refractivity contribution is 7.90. The molecule has 1 rings (SSSR count). The molecule has 0 amide bonds. The molecule has 0 fully saturated rings. The molecule has 0 unspecified atom stereocenters. The number of hydrogen-bond acceptors (Lipinski definition) is 2. The second kappa shape index (κ2) is 4.37. The molecule has 0 atom stereocenters. The van der Waals surface area contributed by atoms with Crippen LogP contribution in [-0.4, -0.2) is 14.7 Å². The van der Waals surface area contributed by atoms with Crippen LogP contribution in [0.25, 0.3) is 0 Å². The van der Waals surface area contributed by atoms with Crippen LogP contribution in [0.15, 0.2) is 23.1 Å². The SMILES string of the molecule is CC(C)(C)c1cc(C(C)(C)C)cc(S(C)(=O)=O)c1. The van der Waals surface area contributed by atoms with Gasteiger partial charge in [0.25, 0.3) is 0 Å². The van der Waals surface area contributed by atoms with Crippen LogP contribution < -0.4 is 0 Å². The summed E-state index contributed by atoms with van der Waals surface area (Å²) in [5.41, 5.74) is 2.02. The highest BCUT2D eigenvalue weighted by Crippen LogP contribution is 2.31. The van der Waals surface area contributed by atoms with E-state index < -0.39 is 9.84 Å². The summed E-state index contributed by atoms with van der Waals surface area (Å²) in [6, 6.07) is 5.71. The summed E-state index contributed by atoms with van der Waals surface area (Å²) in [7, 11) is -3.17. The summed E-state index contributed by atoms with van der Waals surface area (Å²) >= 11 is 0. The van der Waals surface area contributed by atoms with Gasteiger partial charge in [-0.05, 0) is 34.1 Å². The Morgan fingerprint density at radius 1 is 0.778 bits per heavy atom. The summed E-state index contributed by atoms with van der Waals surface area (Å²) in [4.78, 5) is 0.417. The van der Waals surface area contributed by atoms with E-state index in [4.69, 9.17) is 0 Å². The van der Waals surface area contributed by atoms with Crippen molar-refractivity contribution in [2.45, 2.75) is 57.3 Å². The molecule has 0 aliphatic carbocycles. The predicted molar refractivity (Wildman–Crippen MR) is 77.0 cm³/mol. The smallest absolute Gasteiger partial charge is 0.175 e. The van der Waals surface area contributed by atoms with Crippen molar-refractivity contribution in [1.29, 1.82) is 0 Å². The van der Waals surface area contributed by atoms with Gasteiger partial charge in [0.05, 0.1) is 4.90 Å². The van der Waals surface area contributed by atoms with Gasteiger partial charge in [-0.2, -0.15) is 0 Å².